The van der Waals surface area contributed by atoms with Crippen molar-refractivity contribution in [1.29, 1.82) is 0 Å². The quantitative estimate of drug-likeness (QED) is 0.634. The summed E-state index contributed by atoms with van der Waals surface area (Å²) in [7, 11) is 0. The molecule has 1 aromatic heterocycles. The van der Waals surface area contributed by atoms with Crippen molar-refractivity contribution in [1.82, 2.24) is 20.3 Å². The molecule has 0 atom stereocenters. The number of hydrogen-bond acceptors (Lipinski definition) is 6. The first-order valence-corrected chi connectivity index (χ1v) is 9.00. The summed E-state index contributed by atoms with van der Waals surface area (Å²) in [6.07, 6.45) is -4.62. The van der Waals surface area contributed by atoms with Gasteiger partial charge in [0.15, 0.2) is 5.82 Å². The molecule has 2 aromatic carbocycles. The molecule has 31 heavy (non-hydrogen) atoms. The molecule has 0 aliphatic heterocycles. The molecule has 11 heteroatoms. The predicted molar refractivity (Wildman–Crippen MR) is 104 cm³/mol. The molecule has 0 saturated heterocycles. The van der Waals surface area contributed by atoms with Crippen LogP contribution >= 0.6 is 0 Å². The second kappa shape index (κ2) is 9.20. The second-order valence-electron chi connectivity index (χ2n) is 6.05. The van der Waals surface area contributed by atoms with Gasteiger partial charge >= 0.3 is 18.2 Å². The summed E-state index contributed by atoms with van der Waals surface area (Å²) in [5.74, 6) is -1.00. The number of alkyl halides is 3. The van der Waals surface area contributed by atoms with Crippen molar-refractivity contribution in [3.8, 4) is 17.4 Å². The van der Waals surface area contributed by atoms with Crippen LogP contribution in [0.1, 0.15) is 22.8 Å². The summed E-state index contributed by atoms with van der Waals surface area (Å²) >= 11 is 0. The molecule has 1 heterocycles. The molecule has 0 fully saturated rings. The zero-order chi connectivity index (χ0) is 22.4. The monoisotopic (exact) mass is 431 g/mol. The number of imide groups is 1. The lowest BCUT2D eigenvalue weighted by Gasteiger charge is -2.10. The van der Waals surface area contributed by atoms with E-state index in [1.807, 2.05) is 5.32 Å². The van der Waals surface area contributed by atoms with E-state index in [2.05, 4.69) is 20.3 Å². The Morgan fingerprint density at radius 3 is 2.42 bits per heavy atom. The fourth-order valence-corrected chi connectivity index (χ4v) is 2.47. The van der Waals surface area contributed by atoms with E-state index in [4.69, 9.17) is 4.74 Å². The maximum Gasteiger partial charge on any atom is 0.416 e. The first kappa shape index (κ1) is 21.7. The van der Waals surface area contributed by atoms with E-state index in [1.165, 1.54) is 0 Å². The van der Waals surface area contributed by atoms with Gasteiger partial charge < -0.3 is 4.74 Å². The highest BCUT2D eigenvalue weighted by molar-refractivity contribution is 6.07. The number of carbonyl (C=O) groups excluding carboxylic acids is 2. The first-order valence-electron chi connectivity index (χ1n) is 9.00. The van der Waals surface area contributed by atoms with Crippen LogP contribution in [-0.4, -0.2) is 33.5 Å². The number of nitrogens with zero attached hydrogens (tertiary/aromatic N) is 3. The van der Waals surface area contributed by atoms with Crippen molar-refractivity contribution in [2.24, 2.45) is 0 Å². The first-order chi connectivity index (χ1) is 14.8. The molecule has 3 amide bonds. The fourth-order valence-electron chi connectivity index (χ4n) is 2.47. The van der Waals surface area contributed by atoms with Gasteiger partial charge in [0.1, 0.15) is 0 Å². The average molecular weight is 431 g/mol. The van der Waals surface area contributed by atoms with Crippen molar-refractivity contribution in [2.75, 3.05) is 11.9 Å². The molecule has 0 aliphatic carbocycles. The Morgan fingerprint density at radius 1 is 1.00 bits per heavy atom. The standard InChI is InChI=1S/C20H16F3N5O3/c1-2-31-19-25-15(12-7-4-3-5-8-12)24-17(28-19)27-18(30)26-16(29)13-9-6-10-14(11-13)20(21,22)23/h3-11H,2H2,1H3,(H2,24,25,26,27,28,29,30). The summed E-state index contributed by atoms with van der Waals surface area (Å²) in [6.45, 7) is 1.98. The molecule has 3 rings (SSSR count). The van der Waals surface area contributed by atoms with Crippen LogP contribution in [0.5, 0.6) is 6.01 Å². The topological polar surface area (TPSA) is 106 Å². The number of halogens is 3. The third-order valence-electron chi connectivity index (χ3n) is 3.82. The summed E-state index contributed by atoms with van der Waals surface area (Å²) in [6, 6.07) is 11.4. The van der Waals surface area contributed by atoms with E-state index in [1.54, 1.807) is 37.3 Å². The number of ether oxygens (including phenoxy) is 1. The number of benzene rings is 2. The molecule has 0 unspecified atom stereocenters. The minimum Gasteiger partial charge on any atom is -0.464 e. The number of amides is 3. The van der Waals surface area contributed by atoms with Crippen molar-refractivity contribution >= 4 is 17.9 Å². The van der Waals surface area contributed by atoms with Crippen LogP contribution in [0.3, 0.4) is 0 Å². The molecular formula is C20H16F3N5O3. The molecular weight excluding hydrogens is 415 g/mol. The summed E-state index contributed by atoms with van der Waals surface area (Å²) < 4.78 is 43.7. The van der Waals surface area contributed by atoms with Gasteiger partial charge in [-0.2, -0.15) is 28.1 Å². The number of urea groups is 1. The van der Waals surface area contributed by atoms with Gasteiger partial charge in [0, 0.05) is 11.1 Å². The van der Waals surface area contributed by atoms with E-state index in [0.717, 1.165) is 18.2 Å². The molecule has 160 valence electrons. The highest BCUT2D eigenvalue weighted by atomic mass is 19.4. The third kappa shape index (κ3) is 5.75. The van der Waals surface area contributed by atoms with Crippen LogP contribution < -0.4 is 15.4 Å². The Balaban J connectivity index is 1.77. The number of anilines is 1. The summed E-state index contributed by atoms with van der Waals surface area (Å²) in [5, 5.41) is 4.20. The molecule has 2 N–H and O–H groups in total. The van der Waals surface area contributed by atoms with Crippen LogP contribution in [0.15, 0.2) is 54.6 Å². The highest BCUT2D eigenvalue weighted by Gasteiger charge is 2.31. The lowest BCUT2D eigenvalue weighted by Crippen LogP contribution is -2.35. The molecule has 3 aromatic rings. The van der Waals surface area contributed by atoms with E-state index in [0.29, 0.717) is 11.6 Å². The Morgan fingerprint density at radius 2 is 1.74 bits per heavy atom. The van der Waals surface area contributed by atoms with Crippen LogP contribution in [0.25, 0.3) is 11.4 Å². The lowest BCUT2D eigenvalue weighted by molar-refractivity contribution is -0.137. The Labute approximate surface area is 174 Å². The summed E-state index contributed by atoms with van der Waals surface area (Å²) in [4.78, 5) is 36.6. The smallest absolute Gasteiger partial charge is 0.416 e. The zero-order valence-electron chi connectivity index (χ0n) is 16.1. The number of aromatic nitrogens is 3. The average Bonchev–Trinajstić information content (AvgIpc) is 2.74. The van der Waals surface area contributed by atoms with Crippen molar-refractivity contribution in [3.05, 3.63) is 65.7 Å². The molecule has 0 saturated carbocycles. The molecule has 0 aliphatic rings. The predicted octanol–water partition coefficient (Wildman–Crippen LogP) is 3.92. The molecule has 8 nitrogen and oxygen atoms in total. The van der Waals surface area contributed by atoms with Gasteiger partial charge in [0.2, 0.25) is 5.95 Å². The number of hydrogen-bond donors (Lipinski definition) is 2. The van der Waals surface area contributed by atoms with Crippen molar-refractivity contribution < 1.29 is 27.5 Å². The highest BCUT2D eigenvalue weighted by Crippen LogP contribution is 2.29. The van der Waals surface area contributed by atoms with Crippen LogP contribution in [-0.2, 0) is 6.18 Å². The maximum atomic E-state index is 12.8. The number of nitrogens with one attached hydrogen (secondary N) is 2. The van der Waals surface area contributed by atoms with Gasteiger partial charge in [-0.1, -0.05) is 36.4 Å². The minimum atomic E-state index is -4.62. The Bertz CT molecular complexity index is 1090. The van der Waals surface area contributed by atoms with Crippen LogP contribution in [0.4, 0.5) is 23.9 Å². The third-order valence-corrected chi connectivity index (χ3v) is 3.82. The van der Waals surface area contributed by atoms with E-state index < -0.39 is 23.7 Å². The van der Waals surface area contributed by atoms with Gasteiger partial charge in [-0.15, -0.1) is 0 Å². The van der Waals surface area contributed by atoms with Crippen molar-refractivity contribution in [3.63, 3.8) is 0 Å². The second-order valence-corrected chi connectivity index (χ2v) is 6.05. The normalized spacial score (nSPS) is 11.0. The lowest BCUT2D eigenvalue weighted by atomic mass is 10.1. The Hall–Kier alpha value is -4.02. The maximum absolute atomic E-state index is 12.8. The molecule has 0 radical (unpaired) electrons. The Kier molecular flexibility index (Phi) is 6.43. The van der Waals surface area contributed by atoms with E-state index in [-0.39, 0.29) is 30.0 Å². The molecule has 0 spiro atoms. The van der Waals surface area contributed by atoms with Gasteiger partial charge in [-0.25, -0.2) is 4.79 Å². The van der Waals surface area contributed by atoms with Crippen LogP contribution in [0.2, 0.25) is 0 Å². The fraction of sp³-hybridized carbons (Fsp3) is 0.150. The van der Waals surface area contributed by atoms with Crippen molar-refractivity contribution in [2.45, 2.75) is 13.1 Å². The van der Waals surface area contributed by atoms with Gasteiger partial charge in [-0.3, -0.25) is 15.4 Å². The summed E-state index contributed by atoms with van der Waals surface area (Å²) in [5.41, 5.74) is -0.707. The van der Waals surface area contributed by atoms with Crippen LogP contribution in [0, 0.1) is 0 Å². The van der Waals surface area contributed by atoms with E-state index >= 15 is 0 Å². The number of rotatable bonds is 5. The van der Waals surface area contributed by atoms with Gasteiger partial charge in [-0.05, 0) is 25.1 Å². The van der Waals surface area contributed by atoms with Gasteiger partial charge in [0.25, 0.3) is 5.91 Å². The SMILES string of the molecule is CCOc1nc(NC(=O)NC(=O)c2cccc(C(F)(F)F)c2)nc(-c2ccccc2)n1. The zero-order valence-corrected chi connectivity index (χ0v) is 16.1. The molecule has 0 bridgehead atoms. The van der Waals surface area contributed by atoms with E-state index in [9.17, 15) is 22.8 Å². The minimum absolute atomic E-state index is 0.0455. The van der Waals surface area contributed by atoms with Gasteiger partial charge in [0.05, 0.1) is 12.2 Å². The largest absolute Gasteiger partial charge is 0.464 e. The number of carbonyl (C=O) groups is 2.